The van der Waals surface area contributed by atoms with Crippen LogP contribution in [0.5, 0.6) is 0 Å². The van der Waals surface area contributed by atoms with Crippen molar-refractivity contribution in [3.8, 4) is 0 Å². The van der Waals surface area contributed by atoms with E-state index in [1.807, 2.05) is 0 Å². The van der Waals surface area contributed by atoms with E-state index in [1.165, 1.54) is 11.3 Å². The highest BCUT2D eigenvalue weighted by Gasteiger charge is 2.20. The summed E-state index contributed by atoms with van der Waals surface area (Å²) in [6, 6.07) is 5.16. The number of sulfonamides is 1. The number of thiophene rings is 1. The number of rotatable bonds is 6. The van der Waals surface area contributed by atoms with Gasteiger partial charge in [0.1, 0.15) is 10.7 Å². The van der Waals surface area contributed by atoms with Crippen molar-refractivity contribution in [3.63, 3.8) is 0 Å². The molecule has 104 valence electrons. The Bertz CT molecular complexity index is 635. The van der Waals surface area contributed by atoms with Crippen molar-refractivity contribution in [2.24, 2.45) is 5.73 Å². The van der Waals surface area contributed by atoms with E-state index >= 15 is 0 Å². The van der Waals surface area contributed by atoms with Gasteiger partial charge in [-0.05, 0) is 34.1 Å². The molecule has 5 nitrogen and oxygen atoms in total. The summed E-state index contributed by atoms with van der Waals surface area (Å²) < 4.78 is 32.5. The van der Waals surface area contributed by atoms with Gasteiger partial charge in [-0.15, -0.1) is 11.3 Å². The zero-order valence-corrected chi connectivity index (χ0v) is 13.1. The molecule has 0 aliphatic carbocycles. The monoisotopic (exact) mass is 364 g/mol. The largest absolute Gasteiger partial charge is 0.469 e. The molecule has 0 amide bonds. The summed E-state index contributed by atoms with van der Waals surface area (Å²) in [6.07, 6.45) is 2.07. The third-order valence-electron chi connectivity index (χ3n) is 2.44. The second kappa shape index (κ2) is 6.19. The smallest absolute Gasteiger partial charge is 0.242 e. The van der Waals surface area contributed by atoms with Gasteiger partial charge in [-0.2, -0.15) is 0 Å². The third-order valence-corrected chi connectivity index (χ3v) is 6.18. The fourth-order valence-corrected chi connectivity index (χ4v) is 5.11. The van der Waals surface area contributed by atoms with Crippen molar-refractivity contribution in [2.45, 2.75) is 17.9 Å². The van der Waals surface area contributed by atoms with E-state index < -0.39 is 10.0 Å². The molecule has 2 heterocycles. The Morgan fingerprint density at radius 1 is 1.47 bits per heavy atom. The maximum Gasteiger partial charge on any atom is 0.242 e. The van der Waals surface area contributed by atoms with Crippen LogP contribution < -0.4 is 10.5 Å². The third kappa shape index (κ3) is 3.67. The van der Waals surface area contributed by atoms with Crippen molar-refractivity contribution >= 4 is 37.3 Å². The highest BCUT2D eigenvalue weighted by Crippen LogP contribution is 2.31. The van der Waals surface area contributed by atoms with Crippen molar-refractivity contribution in [1.82, 2.24) is 4.72 Å². The molecule has 0 saturated heterocycles. The Balaban J connectivity index is 2.03. The lowest BCUT2D eigenvalue weighted by Crippen LogP contribution is -2.25. The van der Waals surface area contributed by atoms with Crippen LogP contribution in [0, 0.1) is 0 Å². The molecule has 0 fully saturated rings. The lowest BCUT2D eigenvalue weighted by Gasteiger charge is -2.04. The summed E-state index contributed by atoms with van der Waals surface area (Å²) in [5.74, 6) is 0.745. The van der Waals surface area contributed by atoms with E-state index in [2.05, 4.69) is 20.7 Å². The maximum atomic E-state index is 12.1. The normalized spacial score (nSPS) is 11.9. The predicted molar refractivity (Wildman–Crippen MR) is 77.5 cm³/mol. The number of halogens is 1. The number of hydrogen-bond donors (Lipinski definition) is 2. The fourth-order valence-electron chi connectivity index (χ4n) is 1.52. The first-order valence-electron chi connectivity index (χ1n) is 5.53. The maximum absolute atomic E-state index is 12.1. The Kier molecular flexibility index (Phi) is 4.80. The number of hydrogen-bond acceptors (Lipinski definition) is 5. The molecule has 0 spiro atoms. The quantitative estimate of drug-likeness (QED) is 0.821. The molecule has 3 N–H and O–H groups in total. The van der Waals surface area contributed by atoms with Crippen LogP contribution in [0.4, 0.5) is 0 Å². The fraction of sp³-hybridized carbons (Fsp3) is 0.273. The van der Waals surface area contributed by atoms with E-state index in [0.717, 1.165) is 10.6 Å². The average molecular weight is 365 g/mol. The summed E-state index contributed by atoms with van der Waals surface area (Å²) in [6.45, 7) is 0.612. The Hall–Kier alpha value is -0.670. The first-order chi connectivity index (χ1) is 9.03. The number of furan rings is 1. The van der Waals surface area contributed by atoms with E-state index in [1.54, 1.807) is 24.5 Å². The lowest BCUT2D eigenvalue weighted by molar-refractivity contribution is 0.506. The number of nitrogens with one attached hydrogen (secondary N) is 1. The van der Waals surface area contributed by atoms with Crippen LogP contribution in [0.2, 0.25) is 0 Å². The molecular weight excluding hydrogens is 352 g/mol. The molecular formula is C11H13BrN2O3S2. The van der Waals surface area contributed by atoms with Gasteiger partial charge >= 0.3 is 0 Å². The Labute approximate surface area is 124 Å². The minimum atomic E-state index is -3.52. The second-order valence-electron chi connectivity index (χ2n) is 3.78. The molecule has 0 unspecified atom stereocenters. The van der Waals surface area contributed by atoms with Crippen molar-refractivity contribution in [1.29, 1.82) is 0 Å². The zero-order chi connectivity index (χ0) is 13.9. The number of nitrogens with two attached hydrogens (primary N) is 1. The van der Waals surface area contributed by atoms with Gasteiger partial charge in [0.2, 0.25) is 10.0 Å². The molecule has 0 aromatic carbocycles. The molecule has 0 aliphatic heterocycles. The minimum Gasteiger partial charge on any atom is -0.469 e. The van der Waals surface area contributed by atoms with Gasteiger partial charge < -0.3 is 10.2 Å². The van der Waals surface area contributed by atoms with Crippen LogP contribution in [0.15, 0.2) is 37.6 Å². The second-order valence-corrected chi connectivity index (χ2v) is 7.97. The molecule has 0 radical (unpaired) electrons. The van der Waals surface area contributed by atoms with Crippen molar-refractivity contribution in [3.05, 3.63) is 38.9 Å². The molecule has 0 saturated carbocycles. The molecule has 2 rings (SSSR count). The van der Waals surface area contributed by atoms with Gasteiger partial charge in [-0.1, -0.05) is 0 Å². The van der Waals surface area contributed by atoms with E-state index in [9.17, 15) is 8.42 Å². The molecule has 19 heavy (non-hydrogen) atoms. The molecule has 0 bridgehead atoms. The first-order valence-corrected chi connectivity index (χ1v) is 8.62. The molecule has 0 aliphatic rings. The highest BCUT2D eigenvalue weighted by molar-refractivity contribution is 9.11. The van der Waals surface area contributed by atoms with Crippen molar-refractivity contribution in [2.75, 3.05) is 6.54 Å². The average Bonchev–Trinajstić information content (AvgIpc) is 2.98. The Morgan fingerprint density at radius 3 is 2.84 bits per heavy atom. The first kappa shape index (κ1) is 14.7. The summed E-state index contributed by atoms with van der Waals surface area (Å²) in [7, 11) is -3.52. The Morgan fingerprint density at radius 2 is 2.26 bits per heavy atom. The lowest BCUT2D eigenvalue weighted by atomic mass is 10.3. The highest BCUT2D eigenvalue weighted by atomic mass is 79.9. The SMILES string of the molecule is NCc1cc(S(=O)(=O)NCCc2ccco2)c(Br)s1. The zero-order valence-electron chi connectivity index (χ0n) is 9.93. The van der Waals surface area contributed by atoms with Gasteiger partial charge in [0.05, 0.1) is 10.0 Å². The van der Waals surface area contributed by atoms with Crippen LogP contribution in [0.1, 0.15) is 10.6 Å². The van der Waals surface area contributed by atoms with Crippen LogP contribution in [-0.4, -0.2) is 15.0 Å². The van der Waals surface area contributed by atoms with Crippen molar-refractivity contribution < 1.29 is 12.8 Å². The van der Waals surface area contributed by atoms with Gasteiger partial charge in [0, 0.05) is 24.4 Å². The van der Waals surface area contributed by atoms with Crippen LogP contribution in [0.3, 0.4) is 0 Å². The van der Waals surface area contributed by atoms with E-state index in [0.29, 0.717) is 16.8 Å². The van der Waals surface area contributed by atoms with Gasteiger partial charge in [-0.25, -0.2) is 13.1 Å². The summed E-state index contributed by atoms with van der Waals surface area (Å²) in [4.78, 5) is 1.05. The van der Waals surface area contributed by atoms with Crippen LogP contribution >= 0.6 is 27.3 Å². The molecule has 2 aromatic rings. The van der Waals surface area contributed by atoms with E-state index in [4.69, 9.17) is 10.2 Å². The van der Waals surface area contributed by atoms with Gasteiger partial charge in [0.25, 0.3) is 0 Å². The van der Waals surface area contributed by atoms with Gasteiger partial charge in [-0.3, -0.25) is 0 Å². The van der Waals surface area contributed by atoms with Crippen LogP contribution in [0.25, 0.3) is 0 Å². The molecule has 8 heteroatoms. The van der Waals surface area contributed by atoms with Crippen LogP contribution in [-0.2, 0) is 23.0 Å². The van der Waals surface area contributed by atoms with Gasteiger partial charge in [0.15, 0.2) is 0 Å². The minimum absolute atomic E-state index is 0.234. The predicted octanol–water partition coefficient (Wildman–Crippen LogP) is 2.08. The summed E-state index contributed by atoms with van der Waals surface area (Å²) in [5, 5.41) is 0. The van der Waals surface area contributed by atoms with E-state index in [-0.39, 0.29) is 11.4 Å². The standard InChI is InChI=1S/C11H13BrN2O3S2/c12-11-10(6-9(7-13)18-11)19(15,16)14-4-3-8-2-1-5-17-8/h1-2,5-6,14H,3-4,7,13H2. The molecule has 0 atom stereocenters. The summed E-state index contributed by atoms with van der Waals surface area (Å²) >= 11 is 4.58. The summed E-state index contributed by atoms with van der Waals surface area (Å²) in [5.41, 5.74) is 5.50. The topological polar surface area (TPSA) is 85.3 Å². The molecule has 2 aromatic heterocycles.